The van der Waals surface area contributed by atoms with E-state index < -0.39 is 12.1 Å². The number of carbonyl (C=O) groups excluding carboxylic acids is 1. The highest BCUT2D eigenvalue weighted by molar-refractivity contribution is 5.90. The van der Waals surface area contributed by atoms with Crippen LogP contribution in [0.1, 0.15) is 6.92 Å². The Kier molecular flexibility index (Phi) is 1.98. The number of amides is 2. The Bertz CT molecular complexity index is 192. The monoisotopic (exact) mass is 158 g/mol. The van der Waals surface area contributed by atoms with Gasteiger partial charge in [-0.1, -0.05) is 0 Å². The first-order valence-corrected chi connectivity index (χ1v) is 3.43. The van der Waals surface area contributed by atoms with Crippen LogP contribution in [-0.4, -0.2) is 41.1 Å². The van der Waals surface area contributed by atoms with E-state index in [9.17, 15) is 9.59 Å². The number of nitrogens with one attached hydrogen (secondary N) is 1. The van der Waals surface area contributed by atoms with Crippen molar-refractivity contribution < 1.29 is 14.7 Å². The van der Waals surface area contributed by atoms with Gasteiger partial charge in [-0.15, -0.1) is 0 Å². The molecule has 1 rings (SSSR count). The highest BCUT2D eigenvalue weighted by Gasteiger charge is 2.36. The molecule has 1 aliphatic heterocycles. The molecule has 0 spiro atoms. The first-order chi connectivity index (χ1) is 5.15. The van der Waals surface area contributed by atoms with E-state index >= 15 is 0 Å². The van der Waals surface area contributed by atoms with E-state index in [-0.39, 0.29) is 5.91 Å². The molecule has 1 aliphatic rings. The van der Waals surface area contributed by atoms with Crippen LogP contribution in [0.25, 0.3) is 0 Å². The van der Waals surface area contributed by atoms with Crippen LogP contribution in [0, 0.1) is 0 Å². The number of likely N-dealkylation sites (N-methyl/N-ethyl adjacent to an activating group) is 1. The lowest BCUT2D eigenvalue weighted by molar-refractivity contribution is -0.143. The largest absolute Gasteiger partial charge is 0.465 e. The summed E-state index contributed by atoms with van der Waals surface area (Å²) in [4.78, 5) is 22.6. The van der Waals surface area contributed by atoms with E-state index in [2.05, 4.69) is 5.32 Å². The van der Waals surface area contributed by atoms with Gasteiger partial charge in [-0.05, 0) is 6.92 Å². The van der Waals surface area contributed by atoms with Crippen LogP contribution in [0.4, 0.5) is 4.79 Å². The molecule has 1 fully saturated rings. The Balaban J connectivity index is 2.33. The summed E-state index contributed by atoms with van der Waals surface area (Å²) in [5, 5.41) is 10.4. The summed E-state index contributed by atoms with van der Waals surface area (Å²) < 4.78 is 0. The maximum absolute atomic E-state index is 10.9. The quantitative estimate of drug-likeness (QED) is 0.531. The van der Waals surface area contributed by atoms with Gasteiger partial charge in [-0.2, -0.15) is 0 Å². The molecule has 0 aromatic carbocycles. The normalized spacial score (nSPS) is 22.8. The topological polar surface area (TPSA) is 69.6 Å². The minimum atomic E-state index is -1.14. The molecule has 0 radical (unpaired) electrons. The van der Waals surface area contributed by atoms with Crippen molar-refractivity contribution in [3.63, 3.8) is 0 Å². The molecule has 5 nitrogen and oxygen atoms in total. The molecular formula is C6H10N2O3. The second kappa shape index (κ2) is 2.77. The van der Waals surface area contributed by atoms with E-state index in [1.165, 1.54) is 0 Å². The predicted octanol–water partition coefficient (Wildman–Crippen LogP) is -0.515. The van der Waals surface area contributed by atoms with Gasteiger partial charge in [0.05, 0.1) is 6.54 Å². The summed E-state index contributed by atoms with van der Waals surface area (Å²) in [7, 11) is 0. The Morgan fingerprint density at radius 3 is 2.91 bits per heavy atom. The van der Waals surface area contributed by atoms with Gasteiger partial charge in [0.1, 0.15) is 6.04 Å². The van der Waals surface area contributed by atoms with Gasteiger partial charge < -0.3 is 15.3 Å². The number of hydrogen-bond donors (Lipinski definition) is 2. The number of nitrogens with zero attached hydrogens (tertiary/aromatic N) is 1. The summed E-state index contributed by atoms with van der Waals surface area (Å²) in [5.41, 5.74) is 0. The van der Waals surface area contributed by atoms with Crippen LogP contribution < -0.4 is 5.32 Å². The zero-order valence-corrected chi connectivity index (χ0v) is 6.20. The maximum atomic E-state index is 10.9. The number of rotatable bonds is 2. The molecule has 0 aromatic heterocycles. The predicted molar refractivity (Wildman–Crippen MR) is 37.2 cm³/mol. The van der Waals surface area contributed by atoms with E-state index in [0.717, 1.165) is 0 Å². The van der Waals surface area contributed by atoms with Crippen LogP contribution in [0.2, 0.25) is 0 Å². The van der Waals surface area contributed by atoms with E-state index in [1.807, 2.05) is 6.92 Å². The van der Waals surface area contributed by atoms with Crippen molar-refractivity contribution in [2.45, 2.75) is 13.0 Å². The van der Waals surface area contributed by atoms with Gasteiger partial charge in [0, 0.05) is 6.54 Å². The average molecular weight is 158 g/mol. The molecule has 11 heavy (non-hydrogen) atoms. The van der Waals surface area contributed by atoms with Crippen molar-refractivity contribution in [1.82, 2.24) is 10.2 Å². The third-order valence-corrected chi connectivity index (χ3v) is 1.69. The molecular weight excluding hydrogens is 148 g/mol. The number of carboxylic acid groups (broad SMARTS) is 1. The average Bonchev–Trinajstić information content (AvgIpc) is 1.96. The molecule has 1 heterocycles. The summed E-state index contributed by atoms with van der Waals surface area (Å²) in [5.74, 6) is -0.130. The van der Waals surface area contributed by atoms with Crippen LogP contribution >= 0.6 is 0 Å². The van der Waals surface area contributed by atoms with Crippen LogP contribution in [0.15, 0.2) is 0 Å². The van der Waals surface area contributed by atoms with Gasteiger partial charge in [0.2, 0.25) is 5.91 Å². The van der Waals surface area contributed by atoms with Crippen LogP contribution in [-0.2, 0) is 4.79 Å². The van der Waals surface area contributed by atoms with Gasteiger partial charge in [-0.25, -0.2) is 4.79 Å². The fourth-order valence-electron chi connectivity index (χ4n) is 1.04. The minimum absolute atomic E-state index is 0.130. The molecule has 2 amide bonds. The van der Waals surface area contributed by atoms with Gasteiger partial charge in [0.15, 0.2) is 0 Å². The van der Waals surface area contributed by atoms with Gasteiger partial charge in [-0.3, -0.25) is 4.79 Å². The van der Waals surface area contributed by atoms with Crippen molar-refractivity contribution in [2.75, 3.05) is 13.1 Å². The van der Waals surface area contributed by atoms with Crippen molar-refractivity contribution in [1.29, 1.82) is 0 Å². The molecule has 1 saturated heterocycles. The standard InChI is InChI=1S/C6H10N2O3/c1-2-8-3-4(5(8)9)7-6(10)11/h4,7H,2-3H2,1H3,(H,10,11). The highest BCUT2D eigenvalue weighted by Crippen LogP contribution is 2.08. The van der Waals surface area contributed by atoms with Gasteiger partial charge >= 0.3 is 6.09 Å². The lowest BCUT2D eigenvalue weighted by Gasteiger charge is -2.37. The second-order valence-electron chi connectivity index (χ2n) is 2.38. The third kappa shape index (κ3) is 1.42. The molecule has 0 saturated carbocycles. The molecule has 1 unspecified atom stereocenters. The number of likely N-dealkylation sites (tertiary alicyclic amines) is 1. The Labute approximate surface area is 64.0 Å². The van der Waals surface area contributed by atoms with Gasteiger partial charge in [0.25, 0.3) is 0 Å². The zero-order chi connectivity index (χ0) is 8.43. The summed E-state index contributed by atoms with van der Waals surface area (Å²) in [6, 6.07) is -0.507. The van der Waals surface area contributed by atoms with Crippen molar-refractivity contribution in [3.05, 3.63) is 0 Å². The third-order valence-electron chi connectivity index (χ3n) is 1.69. The lowest BCUT2D eigenvalue weighted by Crippen LogP contribution is -2.63. The lowest BCUT2D eigenvalue weighted by atomic mass is 10.1. The molecule has 0 aromatic rings. The number of carbonyl (C=O) groups is 2. The second-order valence-corrected chi connectivity index (χ2v) is 2.38. The molecule has 1 atom stereocenters. The molecule has 5 heteroatoms. The van der Waals surface area contributed by atoms with E-state index in [4.69, 9.17) is 5.11 Å². The zero-order valence-electron chi connectivity index (χ0n) is 6.20. The Morgan fingerprint density at radius 1 is 1.91 bits per heavy atom. The highest BCUT2D eigenvalue weighted by atomic mass is 16.4. The van der Waals surface area contributed by atoms with E-state index in [0.29, 0.717) is 13.1 Å². The summed E-state index contributed by atoms with van der Waals surface area (Å²) in [6.07, 6.45) is -1.14. The van der Waals surface area contributed by atoms with Crippen LogP contribution in [0.3, 0.4) is 0 Å². The first kappa shape index (κ1) is 7.84. The minimum Gasteiger partial charge on any atom is -0.465 e. The molecule has 62 valence electrons. The van der Waals surface area contributed by atoms with Crippen molar-refractivity contribution in [2.24, 2.45) is 0 Å². The first-order valence-electron chi connectivity index (χ1n) is 3.43. The maximum Gasteiger partial charge on any atom is 0.405 e. The smallest absolute Gasteiger partial charge is 0.405 e. The Morgan fingerprint density at radius 2 is 2.55 bits per heavy atom. The number of β-lactam (4-membered cyclic amide) rings is 1. The van der Waals surface area contributed by atoms with Crippen LogP contribution in [0.5, 0.6) is 0 Å². The fourth-order valence-corrected chi connectivity index (χ4v) is 1.04. The van der Waals surface area contributed by atoms with Crippen molar-refractivity contribution in [3.8, 4) is 0 Å². The summed E-state index contributed by atoms with van der Waals surface area (Å²) >= 11 is 0. The van der Waals surface area contributed by atoms with E-state index in [1.54, 1.807) is 4.90 Å². The molecule has 0 aliphatic carbocycles. The fraction of sp³-hybridized carbons (Fsp3) is 0.667. The summed E-state index contributed by atoms with van der Waals surface area (Å²) in [6.45, 7) is 3.01. The SMILES string of the molecule is CCN1CC(NC(=O)O)C1=O. The molecule has 0 bridgehead atoms. The number of hydrogen-bond acceptors (Lipinski definition) is 2. The Hall–Kier alpha value is -1.26. The van der Waals surface area contributed by atoms with Crippen molar-refractivity contribution >= 4 is 12.0 Å². The molecule has 2 N–H and O–H groups in total.